The molecule has 1 saturated heterocycles. The summed E-state index contributed by atoms with van der Waals surface area (Å²) in [5.74, 6) is 0.346. The number of anilines is 2. The van der Waals surface area contributed by atoms with Crippen LogP contribution in [0.3, 0.4) is 0 Å². The molecule has 0 radical (unpaired) electrons. The maximum absolute atomic E-state index is 12.4. The molecule has 29 heavy (non-hydrogen) atoms. The largest absolute Gasteiger partial charge is 0.497 e. The predicted octanol–water partition coefficient (Wildman–Crippen LogP) is 3.50. The molecule has 1 fully saturated rings. The fourth-order valence-corrected chi connectivity index (χ4v) is 3.23. The van der Waals surface area contributed by atoms with Gasteiger partial charge in [-0.2, -0.15) is 0 Å². The van der Waals surface area contributed by atoms with E-state index in [0.29, 0.717) is 23.0 Å². The molecule has 3 aromatic rings. The molecule has 1 aromatic heterocycles. The van der Waals surface area contributed by atoms with Crippen molar-refractivity contribution in [1.82, 2.24) is 10.2 Å². The summed E-state index contributed by atoms with van der Waals surface area (Å²) >= 11 is 5.83. The summed E-state index contributed by atoms with van der Waals surface area (Å²) in [4.78, 5) is 26.3. The third-order valence-corrected chi connectivity index (χ3v) is 4.88. The van der Waals surface area contributed by atoms with E-state index >= 15 is 0 Å². The van der Waals surface area contributed by atoms with Gasteiger partial charge in [-0.05, 0) is 48.5 Å². The highest BCUT2D eigenvalue weighted by atomic mass is 35.5. The first-order valence-electron chi connectivity index (χ1n) is 8.88. The first-order valence-corrected chi connectivity index (χ1v) is 9.26. The SMILES string of the molecule is COc1ccc(N2C[C@@H](c3nnc(NC(=O)c4ccc(Cl)cc4)o3)CC2=O)cc1. The molecule has 0 bridgehead atoms. The average molecular weight is 413 g/mol. The van der Waals surface area contributed by atoms with E-state index < -0.39 is 0 Å². The van der Waals surface area contributed by atoms with Crippen molar-refractivity contribution in [1.29, 1.82) is 0 Å². The Morgan fingerprint density at radius 1 is 1.17 bits per heavy atom. The van der Waals surface area contributed by atoms with E-state index in [2.05, 4.69) is 15.5 Å². The molecule has 1 atom stereocenters. The lowest BCUT2D eigenvalue weighted by molar-refractivity contribution is -0.117. The van der Waals surface area contributed by atoms with Gasteiger partial charge >= 0.3 is 6.01 Å². The Morgan fingerprint density at radius 3 is 2.59 bits per heavy atom. The van der Waals surface area contributed by atoms with Gasteiger partial charge in [0.05, 0.1) is 13.0 Å². The lowest BCUT2D eigenvalue weighted by atomic mass is 10.1. The Bertz CT molecular complexity index is 1030. The number of hydrogen-bond acceptors (Lipinski definition) is 6. The zero-order valence-corrected chi connectivity index (χ0v) is 16.2. The van der Waals surface area contributed by atoms with Gasteiger partial charge in [-0.15, -0.1) is 5.10 Å². The number of nitrogens with one attached hydrogen (secondary N) is 1. The summed E-state index contributed by atoms with van der Waals surface area (Å²) in [6.45, 7) is 0.415. The van der Waals surface area contributed by atoms with Crippen LogP contribution in [0.4, 0.5) is 11.7 Å². The summed E-state index contributed by atoms with van der Waals surface area (Å²) in [7, 11) is 1.59. The van der Waals surface area contributed by atoms with E-state index in [9.17, 15) is 9.59 Å². The number of halogens is 1. The van der Waals surface area contributed by atoms with Crippen LogP contribution in [0.15, 0.2) is 52.9 Å². The number of hydrogen-bond donors (Lipinski definition) is 1. The van der Waals surface area contributed by atoms with Gasteiger partial charge in [-0.1, -0.05) is 16.7 Å². The van der Waals surface area contributed by atoms with Gasteiger partial charge in [-0.25, -0.2) is 0 Å². The van der Waals surface area contributed by atoms with Crippen LogP contribution in [-0.4, -0.2) is 35.7 Å². The second-order valence-electron chi connectivity index (χ2n) is 6.51. The molecule has 1 aliphatic rings. The summed E-state index contributed by atoms with van der Waals surface area (Å²) in [6.07, 6.45) is 0.249. The molecule has 4 rings (SSSR count). The second kappa shape index (κ2) is 7.92. The molecule has 2 aromatic carbocycles. The van der Waals surface area contributed by atoms with Gasteiger partial charge in [0.2, 0.25) is 11.8 Å². The number of rotatable bonds is 5. The maximum Gasteiger partial charge on any atom is 0.322 e. The van der Waals surface area contributed by atoms with E-state index in [1.54, 1.807) is 48.4 Å². The van der Waals surface area contributed by atoms with E-state index in [-0.39, 0.29) is 30.2 Å². The standard InChI is InChI=1S/C20H17ClN4O4/c1-28-16-8-6-15(7-9-16)25-11-13(10-17(25)26)19-23-24-20(29-19)22-18(27)12-2-4-14(21)5-3-12/h2-9,13H,10-11H2,1H3,(H,22,24,27)/t13-/m0/s1. The number of carbonyl (C=O) groups is 2. The van der Waals surface area contributed by atoms with E-state index in [1.165, 1.54) is 0 Å². The summed E-state index contributed by atoms with van der Waals surface area (Å²) < 4.78 is 10.7. The normalized spacial score (nSPS) is 16.1. The number of ether oxygens (including phenoxy) is 1. The minimum absolute atomic E-state index is 0.0182. The number of nitrogens with zero attached hydrogens (tertiary/aromatic N) is 3. The Balaban J connectivity index is 1.43. The minimum Gasteiger partial charge on any atom is -0.497 e. The minimum atomic E-state index is -0.390. The van der Waals surface area contributed by atoms with Crippen molar-refractivity contribution in [2.45, 2.75) is 12.3 Å². The Hall–Kier alpha value is -3.39. The number of aromatic nitrogens is 2. The first kappa shape index (κ1) is 18.9. The van der Waals surface area contributed by atoms with Crippen LogP contribution in [0.5, 0.6) is 5.75 Å². The zero-order valence-electron chi connectivity index (χ0n) is 15.5. The molecule has 8 nitrogen and oxygen atoms in total. The molecule has 1 N–H and O–H groups in total. The highest BCUT2D eigenvalue weighted by molar-refractivity contribution is 6.30. The highest BCUT2D eigenvalue weighted by Crippen LogP contribution is 2.32. The van der Waals surface area contributed by atoms with Crippen molar-refractivity contribution in [2.75, 3.05) is 23.9 Å². The summed E-state index contributed by atoms with van der Waals surface area (Å²) in [5, 5.41) is 11.0. The van der Waals surface area contributed by atoms with Crippen molar-refractivity contribution in [2.24, 2.45) is 0 Å². The molecule has 0 aliphatic carbocycles. The van der Waals surface area contributed by atoms with Crippen LogP contribution in [0, 0.1) is 0 Å². The fraction of sp³-hybridized carbons (Fsp3) is 0.200. The number of amides is 2. The number of methoxy groups -OCH3 is 1. The van der Waals surface area contributed by atoms with Gasteiger partial charge in [0, 0.05) is 29.2 Å². The monoisotopic (exact) mass is 412 g/mol. The predicted molar refractivity (Wildman–Crippen MR) is 106 cm³/mol. The molecule has 2 amide bonds. The lowest BCUT2D eigenvalue weighted by Gasteiger charge is -2.16. The average Bonchev–Trinajstić information content (AvgIpc) is 3.35. The molecule has 0 saturated carbocycles. The Kier molecular flexibility index (Phi) is 5.18. The zero-order chi connectivity index (χ0) is 20.4. The number of carbonyl (C=O) groups excluding carboxylic acids is 2. The van der Waals surface area contributed by atoms with E-state index in [0.717, 1.165) is 11.4 Å². The molecular weight excluding hydrogens is 396 g/mol. The molecular formula is C20H17ClN4O4. The Labute approximate surface area is 171 Å². The van der Waals surface area contributed by atoms with E-state index in [1.807, 2.05) is 12.1 Å². The van der Waals surface area contributed by atoms with Gasteiger partial charge in [0.25, 0.3) is 5.91 Å². The molecule has 9 heteroatoms. The highest BCUT2D eigenvalue weighted by Gasteiger charge is 2.35. The van der Waals surface area contributed by atoms with Gasteiger partial charge in [-0.3, -0.25) is 14.9 Å². The summed E-state index contributed by atoms with van der Waals surface area (Å²) in [6, 6.07) is 13.7. The topological polar surface area (TPSA) is 97.6 Å². The van der Waals surface area contributed by atoms with E-state index in [4.69, 9.17) is 20.8 Å². The third kappa shape index (κ3) is 4.07. The molecule has 2 heterocycles. The summed E-state index contributed by atoms with van der Waals surface area (Å²) in [5.41, 5.74) is 1.19. The van der Waals surface area contributed by atoms with Gasteiger partial charge in [0.15, 0.2) is 0 Å². The lowest BCUT2D eigenvalue weighted by Crippen LogP contribution is -2.24. The third-order valence-electron chi connectivity index (χ3n) is 4.63. The van der Waals surface area contributed by atoms with Crippen LogP contribution >= 0.6 is 11.6 Å². The van der Waals surface area contributed by atoms with Crippen molar-refractivity contribution in [3.05, 3.63) is 65.0 Å². The Morgan fingerprint density at radius 2 is 1.90 bits per heavy atom. The van der Waals surface area contributed by atoms with Crippen LogP contribution in [0.2, 0.25) is 5.02 Å². The van der Waals surface area contributed by atoms with Crippen LogP contribution in [0.1, 0.15) is 28.6 Å². The van der Waals surface area contributed by atoms with Crippen molar-refractivity contribution in [3.63, 3.8) is 0 Å². The molecule has 1 aliphatic heterocycles. The van der Waals surface area contributed by atoms with Crippen LogP contribution in [-0.2, 0) is 4.79 Å². The smallest absolute Gasteiger partial charge is 0.322 e. The van der Waals surface area contributed by atoms with Gasteiger partial charge in [0.1, 0.15) is 5.75 Å². The van der Waals surface area contributed by atoms with Crippen molar-refractivity contribution >= 4 is 35.1 Å². The van der Waals surface area contributed by atoms with Crippen molar-refractivity contribution in [3.8, 4) is 5.75 Å². The number of benzene rings is 2. The van der Waals surface area contributed by atoms with Crippen LogP contribution in [0.25, 0.3) is 0 Å². The quantitative estimate of drug-likeness (QED) is 0.688. The van der Waals surface area contributed by atoms with Crippen molar-refractivity contribution < 1.29 is 18.7 Å². The second-order valence-corrected chi connectivity index (χ2v) is 6.95. The molecule has 0 unspecified atom stereocenters. The van der Waals surface area contributed by atoms with Crippen LogP contribution < -0.4 is 15.0 Å². The first-order chi connectivity index (χ1) is 14.0. The fourth-order valence-electron chi connectivity index (χ4n) is 3.11. The maximum atomic E-state index is 12.4. The molecule has 148 valence electrons. The molecule has 0 spiro atoms. The van der Waals surface area contributed by atoms with Gasteiger partial charge < -0.3 is 14.1 Å².